The number of hydrogen-bond donors (Lipinski definition) is 1. The van der Waals surface area contributed by atoms with E-state index in [4.69, 9.17) is 4.74 Å². The maximum absolute atomic E-state index is 5.95. The van der Waals surface area contributed by atoms with Crippen molar-refractivity contribution in [3.8, 4) is 5.75 Å². The molecule has 0 spiro atoms. The lowest BCUT2D eigenvalue weighted by atomic mass is 10.0. The van der Waals surface area contributed by atoms with Crippen molar-refractivity contribution in [1.82, 2.24) is 10.2 Å². The molecular weight excluding hydrogens is 236 g/mol. The van der Waals surface area contributed by atoms with Crippen molar-refractivity contribution in [1.29, 1.82) is 0 Å². The Morgan fingerprint density at radius 3 is 3.00 bits per heavy atom. The number of para-hydroxylation sites is 1. The quantitative estimate of drug-likeness (QED) is 0.852. The number of nitrogens with one attached hydrogen (secondary N) is 1. The molecule has 3 heteroatoms. The number of rotatable bonds is 6. The van der Waals surface area contributed by atoms with Crippen LogP contribution in [0.3, 0.4) is 0 Å². The van der Waals surface area contributed by atoms with E-state index in [0.717, 1.165) is 31.4 Å². The van der Waals surface area contributed by atoms with Gasteiger partial charge in [0.25, 0.3) is 0 Å². The third-order valence-corrected chi connectivity index (χ3v) is 3.75. The molecule has 1 fully saturated rings. The van der Waals surface area contributed by atoms with Crippen LogP contribution < -0.4 is 10.1 Å². The predicted molar refractivity (Wildman–Crippen MR) is 79.5 cm³/mol. The molecule has 1 aromatic carbocycles. The molecule has 19 heavy (non-hydrogen) atoms. The molecule has 1 saturated heterocycles. The van der Waals surface area contributed by atoms with Gasteiger partial charge < -0.3 is 10.1 Å². The Balaban J connectivity index is 1.78. The van der Waals surface area contributed by atoms with Gasteiger partial charge in [-0.25, -0.2) is 0 Å². The average Bonchev–Trinajstić information content (AvgIpc) is 2.41. The molecule has 1 N–H and O–H groups in total. The van der Waals surface area contributed by atoms with Gasteiger partial charge in [0.05, 0.1) is 0 Å². The molecule has 1 aromatic rings. The second kappa shape index (κ2) is 7.51. The fraction of sp³-hybridized carbons (Fsp3) is 0.625. The molecule has 3 nitrogen and oxygen atoms in total. The Kier molecular flexibility index (Phi) is 5.67. The van der Waals surface area contributed by atoms with Crippen LogP contribution in [0.15, 0.2) is 24.3 Å². The van der Waals surface area contributed by atoms with E-state index >= 15 is 0 Å². The van der Waals surface area contributed by atoms with Crippen LogP contribution in [-0.4, -0.2) is 38.2 Å². The summed E-state index contributed by atoms with van der Waals surface area (Å²) >= 11 is 0. The lowest BCUT2D eigenvalue weighted by Gasteiger charge is -2.30. The summed E-state index contributed by atoms with van der Waals surface area (Å²) in [6, 6.07) is 8.28. The molecular formula is C16H26N2O. The van der Waals surface area contributed by atoms with Crippen LogP contribution in [0.4, 0.5) is 0 Å². The minimum atomic E-state index is 0.785. The molecule has 0 bridgehead atoms. The minimum Gasteiger partial charge on any atom is -0.492 e. The third kappa shape index (κ3) is 4.51. The first-order valence-electron chi connectivity index (χ1n) is 7.37. The van der Waals surface area contributed by atoms with E-state index in [2.05, 4.69) is 35.3 Å². The van der Waals surface area contributed by atoms with Gasteiger partial charge in [-0.1, -0.05) is 25.1 Å². The number of piperidine rings is 1. The molecule has 2 rings (SSSR count). The molecule has 106 valence electrons. The summed E-state index contributed by atoms with van der Waals surface area (Å²) in [5, 5.41) is 3.18. The number of likely N-dealkylation sites (tertiary alicyclic amines) is 1. The van der Waals surface area contributed by atoms with Gasteiger partial charge in [0.1, 0.15) is 12.4 Å². The summed E-state index contributed by atoms with van der Waals surface area (Å²) in [4.78, 5) is 2.52. The van der Waals surface area contributed by atoms with Crippen LogP contribution in [0.25, 0.3) is 0 Å². The van der Waals surface area contributed by atoms with Gasteiger partial charge in [0.15, 0.2) is 0 Å². The van der Waals surface area contributed by atoms with Gasteiger partial charge in [-0.15, -0.1) is 0 Å². The summed E-state index contributed by atoms with van der Waals surface area (Å²) < 4.78 is 5.95. The molecule has 1 aliphatic heterocycles. The summed E-state index contributed by atoms with van der Waals surface area (Å²) in [5.74, 6) is 1.85. The maximum Gasteiger partial charge on any atom is 0.123 e. The number of hydrogen-bond acceptors (Lipinski definition) is 3. The molecule has 0 saturated carbocycles. The first-order valence-corrected chi connectivity index (χ1v) is 7.37. The average molecular weight is 262 g/mol. The van der Waals surface area contributed by atoms with Gasteiger partial charge in [0, 0.05) is 25.2 Å². The van der Waals surface area contributed by atoms with E-state index in [-0.39, 0.29) is 0 Å². The molecule has 0 amide bonds. The second-order valence-corrected chi connectivity index (χ2v) is 5.53. The van der Waals surface area contributed by atoms with E-state index in [0.29, 0.717) is 0 Å². The van der Waals surface area contributed by atoms with Crippen LogP contribution in [0.1, 0.15) is 25.3 Å². The molecule has 0 radical (unpaired) electrons. The Labute approximate surface area is 116 Å². The van der Waals surface area contributed by atoms with Crippen LogP contribution in [0, 0.1) is 5.92 Å². The highest BCUT2D eigenvalue weighted by Crippen LogP contribution is 2.18. The number of nitrogens with zero attached hydrogens (tertiary/aromatic N) is 1. The number of benzene rings is 1. The Morgan fingerprint density at radius 2 is 2.21 bits per heavy atom. The van der Waals surface area contributed by atoms with Gasteiger partial charge in [-0.05, 0) is 38.4 Å². The normalized spacial score (nSPS) is 20.4. The second-order valence-electron chi connectivity index (χ2n) is 5.53. The monoisotopic (exact) mass is 262 g/mol. The van der Waals surface area contributed by atoms with Crippen molar-refractivity contribution < 1.29 is 4.74 Å². The molecule has 1 aliphatic rings. The smallest absolute Gasteiger partial charge is 0.123 e. The van der Waals surface area contributed by atoms with Gasteiger partial charge >= 0.3 is 0 Å². The fourth-order valence-electron chi connectivity index (χ4n) is 2.76. The lowest BCUT2D eigenvalue weighted by molar-refractivity contribution is 0.153. The van der Waals surface area contributed by atoms with Crippen molar-refractivity contribution in [2.24, 2.45) is 5.92 Å². The van der Waals surface area contributed by atoms with Gasteiger partial charge in [0.2, 0.25) is 0 Å². The summed E-state index contributed by atoms with van der Waals surface area (Å²) in [5.41, 5.74) is 1.23. The van der Waals surface area contributed by atoms with E-state index < -0.39 is 0 Å². The van der Waals surface area contributed by atoms with E-state index in [1.54, 1.807) is 0 Å². The van der Waals surface area contributed by atoms with E-state index in [9.17, 15) is 0 Å². The summed E-state index contributed by atoms with van der Waals surface area (Å²) in [6.45, 7) is 7.48. The first kappa shape index (κ1) is 14.4. The highest BCUT2D eigenvalue weighted by atomic mass is 16.5. The van der Waals surface area contributed by atoms with Crippen molar-refractivity contribution >= 4 is 0 Å². The standard InChI is InChI=1S/C16H26N2O/c1-14-6-5-9-18(13-14)10-11-19-16-8-4-3-7-15(16)12-17-2/h3-4,7-8,14,17H,5-6,9-13H2,1-2H3. The highest BCUT2D eigenvalue weighted by molar-refractivity contribution is 5.33. The van der Waals surface area contributed by atoms with Crippen LogP contribution in [0.5, 0.6) is 5.75 Å². The van der Waals surface area contributed by atoms with E-state index in [1.807, 2.05) is 13.1 Å². The summed E-state index contributed by atoms with van der Waals surface area (Å²) in [7, 11) is 1.96. The van der Waals surface area contributed by atoms with Crippen molar-refractivity contribution in [2.75, 3.05) is 33.3 Å². The zero-order chi connectivity index (χ0) is 13.5. The third-order valence-electron chi connectivity index (χ3n) is 3.75. The Morgan fingerprint density at radius 1 is 1.37 bits per heavy atom. The number of ether oxygens (including phenoxy) is 1. The van der Waals surface area contributed by atoms with Crippen molar-refractivity contribution in [2.45, 2.75) is 26.3 Å². The zero-order valence-corrected chi connectivity index (χ0v) is 12.2. The van der Waals surface area contributed by atoms with E-state index in [1.165, 1.54) is 31.5 Å². The summed E-state index contributed by atoms with van der Waals surface area (Å²) in [6.07, 6.45) is 2.71. The largest absolute Gasteiger partial charge is 0.492 e. The lowest BCUT2D eigenvalue weighted by Crippen LogP contribution is -2.37. The first-order chi connectivity index (χ1) is 9.29. The van der Waals surface area contributed by atoms with Crippen molar-refractivity contribution in [3.05, 3.63) is 29.8 Å². The molecule has 1 atom stereocenters. The van der Waals surface area contributed by atoms with Crippen LogP contribution >= 0.6 is 0 Å². The molecule has 1 unspecified atom stereocenters. The van der Waals surface area contributed by atoms with Crippen LogP contribution in [-0.2, 0) is 6.54 Å². The predicted octanol–water partition coefficient (Wildman–Crippen LogP) is 2.52. The molecule has 1 heterocycles. The Hall–Kier alpha value is -1.06. The van der Waals surface area contributed by atoms with Crippen molar-refractivity contribution in [3.63, 3.8) is 0 Å². The van der Waals surface area contributed by atoms with Gasteiger partial charge in [-0.2, -0.15) is 0 Å². The fourth-order valence-corrected chi connectivity index (χ4v) is 2.76. The molecule has 0 aromatic heterocycles. The van der Waals surface area contributed by atoms with Crippen LogP contribution in [0.2, 0.25) is 0 Å². The van der Waals surface area contributed by atoms with Gasteiger partial charge in [-0.3, -0.25) is 4.90 Å². The Bertz CT molecular complexity index is 381. The maximum atomic E-state index is 5.95. The topological polar surface area (TPSA) is 24.5 Å². The zero-order valence-electron chi connectivity index (χ0n) is 12.2. The minimum absolute atomic E-state index is 0.785. The SMILES string of the molecule is CNCc1ccccc1OCCN1CCCC(C)C1. The molecule has 0 aliphatic carbocycles. The highest BCUT2D eigenvalue weighted by Gasteiger charge is 2.15.